The second kappa shape index (κ2) is 5.73. The Bertz CT molecular complexity index is 1120. The number of nitrogens with zero attached hydrogens (tertiary/aromatic N) is 2. The standard InChI is InChI=1S/C23H28N2O2Si/c1-15-10-11-16-18(14-15)20-13-12-17-19(8-7-9-21(17)28(4,5)6)24(20)23-22(16)25(23,26-2)27-3/h7-14,22-23H,1-6H3/q+2. The number of hydroxylamine groups is 4. The van der Waals surface area contributed by atoms with Gasteiger partial charge in [0.05, 0.1) is 27.9 Å². The van der Waals surface area contributed by atoms with E-state index in [1.165, 1.54) is 38.5 Å². The quantitative estimate of drug-likeness (QED) is 0.289. The van der Waals surface area contributed by atoms with Gasteiger partial charge in [-0.15, -0.1) is 4.57 Å². The molecule has 3 aromatic rings. The Morgan fingerprint density at radius 1 is 0.964 bits per heavy atom. The monoisotopic (exact) mass is 392 g/mol. The van der Waals surface area contributed by atoms with E-state index in [4.69, 9.17) is 9.68 Å². The Labute approximate surface area is 167 Å². The Kier molecular flexibility index (Phi) is 3.69. The van der Waals surface area contributed by atoms with Gasteiger partial charge in [-0.25, -0.2) is 0 Å². The fourth-order valence-electron chi connectivity index (χ4n) is 5.08. The average Bonchev–Trinajstić information content (AvgIpc) is 3.35. The zero-order valence-electron chi connectivity index (χ0n) is 17.5. The Morgan fingerprint density at radius 2 is 1.71 bits per heavy atom. The van der Waals surface area contributed by atoms with Gasteiger partial charge in [-0.05, 0) is 24.2 Å². The number of hydrogen-bond donors (Lipinski definition) is 0. The Balaban J connectivity index is 1.88. The number of aromatic nitrogens is 1. The molecule has 0 spiro atoms. The van der Waals surface area contributed by atoms with Crippen LogP contribution in [0, 0.1) is 6.92 Å². The normalized spacial score (nSPS) is 21.8. The zero-order valence-corrected chi connectivity index (χ0v) is 18.5. The molecule has 5 heteroatoms. The molecule has 0 saturated carbocycles. The summed E-state index contributed by atoms with van der Waals surface area (Å²) in [6.07, 6.45) is 0.0980. The number of pyridine rings is 1. The number of rotatable bonds is 3. The molecule has 0 N–H and O–H groups in total. The van der Waals surface area contributed by atoms with Crippen molar-refractivity contribution in [3.05, 3.63) is 59.7 Å². The highest BCUT2D eigenvalue weighted by molar-refractivity contribution is 6.90. The molecule has 1 fully saturated rings. The van der Waals surface area contributed by atoms with Crippen molar-refractivity contribution in [2.24, 2.45) is 0 Å². The maximum absolute atomic E-state index is 5.94. The highest BCUT2D eigenvalue weighted by atomic mass is 28.3. The lowest BCUT2D eigenvalue weighted by Crippen LogP contribution is -2.45. The van der Waals surface area contributed by atoms with Crippen LogP contribution in [0.15, 0.2) is 48.5 Å². The lowest BCUT2D eigenvalue weighted by molar-refractivity contribution is -1.21. The lowest BCUT2D eigenvalue weighted by Gasteiger charge is -2.19. The van der Waals surface area contributed by atoms with Crippen molar-refractivity contribution < 1.29 is 19.1 Å². The molecular formula is C23H28N2O2Si+2. The minimum absolute atomic E-state index is 0.0980. The van der Waals surface area contributed by atoms with Crippen LogP contribution in [0.4, 0.5) is 0 Å². The predicted octanol–water partition coefficient (Wildman–Crippen LogP) is 4.15. The van der Waals surface area contributed by atoms with Gasteiger partial charge in [-0.1, -0.05) is 49.5 Å². The molecule has 0 radical (unpaired) electrons. The highest BCUT2D eigenvalue weighted by Crippen LogP contribution is 2.62. The smallest absolute Gasteiger partial charge is 0.164 e. The summed E-state index contributed by atoms with van der Waals surface area (Å²) in [5, 5.41) is 2.86. The summed E-state index contributed by atoms with van der Waals surface area (Å²) in [6, 6.07) is 18.3. The minimum Gasteiger partial charge on any atom is -0.164 e. The van der Waals surface area contributed by atoms with Gasteiger partial charge < -0.3 is 0 Å². The number of quaternary nitrogens is 1. The lowest BCUT2D eigenvalue weighted by atomic mass is 9.94. The topological polar surface area (TPSA) is 22.3 Å². The van der Waals surface area contributed by atoms with Crippen LogP contribution in [0.25, 0.3) is 22.2 Å². The molecule has 5 rings (SSSR count). The molecule has 2 aliphatic heterocycles. The maximum atomic E-state index is 5.94. The van der Waals surface area contributed by atoms with Crippen molar-refractivity contribution in [1.82, 2.24) is 0 Å². The SMILES string of the molecule is CO[N+]1(OC)C2c3ccc(C)cc3-c3ccc4c([Si](C)(C)C)cccc4[n+]3C21. The summed E-state index contributed by atoms with van der Waals surface area (Å²) in [5.74, 6) is 0. The first-order valence-electron chi connectivity index (χ1n) is 9.92. The summed E-state index contributed by atoms with van der Waals surface area (Å²) >= 11 is 0. The van der Waals surface area contributed by atoms with Gasteiger partial charge in [0.15, 0.2) is 0 Å². The van der Waals surface area contributed by atoms with Crippen molar-refractivity contribution in [2.45, 2.75) is 38.8 Å². The molecule has 2 unspecified atom stereocenters. The minimum atomic E-state index is -1.47. The molecule has 3 heterocycles. The number of benzene rings is 2. The van der Waals surface area contributed by atoms with Crippen LogP contribution < -0.4 is 9.75 Å². The third kappa shape index (κ3) is 2.19. The van der Waals surface area contributed by atoms with Crippen LogP contribution in [0.5, 0.6) is 0 Å². The average molecular weight is 393 g/mol. The van der Waals surface area contributed by atoms with Crippen molar-refractivity contribution in [1.29, 1.82) is 0 Å². The number of hydrogen-bond acceptors (Lipinski definition) is 2. The van der Waals surface area contributed by atoms with E-state index in [1.54, 1.807) is 14.2 Å². The molecule has 1 aromatic heterocycles. The van der Waals surface area contributed by atoms with Crippen LogP contribution in [-0.4, -0.2) is 27.1 Å². The molecule has 4 nitrogen and oxygen atoms in total. The highest BCUT2D eigenvalue weighted by Gasteiger charge is 2.83. The molecule has 28 heavy (non-hydrogen) atoms. The molecule has 2 aromatic carbocycles. The molecular weight excluding hydrogens is 364 g/mol. The third-order valence-corrected chi connectivity index (χ3v) is 8.46. The summed E-state index contributed by atoms with van der Waals surface area (Å²) in [6.45, 7) is 9.39. The van der Waals surface area contributed by atoms with E-state index in [0.717, 1.165) is 0 Å². The van der Waals surface area contributed by atoms with Crippen molar-refractivity contribution >= 4 is 24.2 Å². The van der Waals surface area contributed by atoms with Gasteiger partial charge in [-0.2, -0.15) is 9.68 Å². The molecule has 0 aliphatic carbocycles. The van der Waals surface area contributed by atoms with Crippen molar-refractivity contribution in [2.75, 3.05) is 14.2 Å². The van der Waals surface area contributed by atoms with E-state index in [-0.39, 0.29) is 17.0 Å². The first-order valence-corrected chi connectivity index (χ1v) is 13.4. The predicted molar refractivity (Wildman–Crippen MR) is 113 cm³/mol. The molecule has 2 aliphatic rings. The maximum Gasteiger partial charge on any atom is 0.409 e. The van der Waals surface area contributed by atoms with Gasteiger partial charge in [-0.3, -0.25) is 0 Å². The molecule has 0 bridgehead atoms. The van der Waals surface area contributed by atoms with E-state index in [2.05, 4.69) is 79.7 Å². The van der Waals surface area contributed by atoms with E-state index in [9.17, 15) is 0 Å². The summed E-state index contributed by atoms with van der Waals surface area (Å²) in [4.78, 5) is 12.1. The van der Waals surface area contributed by atoms with Crippen molar-refractivity contribution in [3.63, 3.8) is 0 Å². The van der Waals surface area contributed by atoms with Gasteiger partial charge in [0.25, 0.3) is 0 Å². The van der Waals surface area contributed by atoms with Crippen LogP contribution >= 0.6 is 0 Å². The van der Waals surface area contributed by atoms with E-state index < -0.39 is 8.07 Å². The number of fused-ring (bicyclic) bond motifs is 8. The summed E-state index contributed by atoms with van der Waals surface area (Å²) in [7, 11) is 2.02. The van der Waals surface area contributed by atoms with Gasteiger partial charge in [0, 0.05) is 27.9 Å². The van der Waals surface area contributed by atoms with Crippen LogP contribution in [0.2, 0.25) is 19.6 Å². The van der Waals surface area contributed by atoms with Crippen LogP contribution in [-0.2, 0) is 9.68 Å². The third-order valence-electron chi connectivity index (χ3n) is 6.41. The van der Waals surface area contributed by atoms with Crippen LogP contribution in [0.3, 0.4) is 0 Å². The second-order valence-corrected chi connectivity index (χ2v) is 14.1. The largest absolute Gasteiger partial charge is 0.409 e. The number of aryl methyl sites for hydroxylation is 1. The van der Waals surface area contributed by atoms with Crippen LogP contribution in [0.1, 0.15) is 23.3 Å². The summed E-state index contributed by atoms with van der Waals surface area (Å²) < 4.78 is 2.46. The first kappa shape index (κ1) is 18.0. The summed E-state index contributed by atoms with van der Waals surface area (Å²) in [5.41, 5.74) is 6.38. The zero-order chi connectivity index (χ0) is 19.8. The Morgan fingerprint density at radius 3 is 2.39 bits per heavy atom. The molecule has 144 valence electrons. The van der Waals surface area contributed by atoms with E-state index in [1.807, 2.05) is 0 Å². The molecule has 2 atom stereocenters. The Hall–Kier alpha value is -2.05. The van der Waals surface area contributed by atoms with Gasteiger partial charge >= 0.3 is 12.2 Å². The molecule has 0 amide bonds. The van der Waals surface area contributed by atoms with Gasteiger partial charge in [0.2, 0.25) is 11.2 Å². The van der Waals surface area contributed by atoms with E-state index in [0.29, 0.717) is 0 Å². The molecule has 1 saturated heterocycles. The van der Waals surface area contributed by atoms with Gasteiger partial charge in [0.1, 0.15) is 0 Å². The fourth-order valence-corrected chi connectivity index (χ4v) is 6.69. The second-order valence-electron chi connectivity index (χ2n) is 9.04. The first-order chi connectivity index (χ1) is 13.3. The van der Waals surface area contributed by atoms with Crippen molar-refractivity contribution in [3.8, 4) is 11.3 Å². The van der Waals surface area contributed by atoms with E-state index >= 15 is 0 Å². The fraction of sp³-hybridized carbons (Fsp3) is 0.348.